The fraction of sp³-hybridized carbons (Fsp3) is 0.583. The number of hydrogen-bond acceptors (Lipinski definition) is 7. The second kappa shape index (κ2) is 10.2. The summed E-state index contributed by atoms with van der Waals surface area (Å²) in [6.45, 7) is 6.52. The van der Waals surface area contributed by atoms with Crippen molar-refractivity contribution in [2.75, 3.05) is 48.7 Å². The lowest BCUT2D eigenvalue weighted by atomic mass is 9.95. The van der Waals surface area contributed by atoms with Gasteiger partial charge in [0.15, 0.2) is 11.6 Å². The molecule has 9 nitrogen and oxygen atoms in total. The summed E-state index contributed by atoms with van der Waals surface area (Å²) in [5, 5.41) is 2.80. The molecule has 2 aliphatic carbocycles. The molecule has 0 saturated heterocycles. The maximum absolute atomic E-state index is 12.4. The monoisotopic (exact) mass is 454 g/mol. The summed E-state index contributed by atoms with van der Waals surface area (Å²) in [4.78, 5) is 37.1. The Hall–Kier alpha value is -3.10. The highest BCUT2D eigenvalue weighted by Crippen LogP contribution is 2.35. The number of nitrogens with zero attached hydrogens (tertiary/aromatic N) is 4. The maximum Gasteiger partial charge on any atom is 0.320 e. The molecular weight excluding hydrogens is 420 g/mol. The van der Waals surface area contributed by atoms with Crippen LogP contribution in [0.25, 0.3) is 0 Å². The number of nitrogens with two attached hydrogens (primary N) is 1. The number of nitrogens with one attached hydrogen (secondary N) is 1. The van der Waals surface area contributed by atoms with E-state index in [9.17, 15) is 9.59 Å². The molecule has 1 fully saturated rings. The first kappa shape index (κ1) is 23.1. The Labute approximate surface area is 195 Å². The molecule has 1 saturated carbocycles. The number of unbranched alkanes of at least 4 members (excludes halogenated alkanes) is 1. The summed E-state index contributed by atoms with van der Waals surface area (Å²) in [6.07, 6.45) is 11.7. The number of anilines is 3. The molecule has 9 heteroatoms. The van der Waals surface area contributed by atoms with E-state index in [2.05, 4.69) is 40.4 Å². The molecule has 178 valence electrons. The number of carbonyl (C=O) groups excluding carboxylic acids is 2. The fourth-order valence-corrected chi connectivity index (χ4v) is 4.22. The smallest absolute Gasteiger partial charge is 0.320 e. The molecular formula is C24H34N6O3. The van der Waals surface area contributed by atoms with Crippen LogP contribution in [-0.2, 0) is 9.59 Å². The molecule has 1 unspecified atom stereocenters. The summed E-state index contributed by atoms with van der Waals surface area (Å²) in [6, 6.07) is 0.234. The van der Waals surface area contributed by atoms with Crippen LogP contribution in [0.1, 0.15) is 46.0 Å². The number of carbonyl (C=O) groups is 2. The Balaban J connectivity index is 1.48. The second-order valence-electron chi connectivity index (χ2n) is 9.20. The summed E-state index contributed by atoms with van der Waals surface area (Å²) >= 11 is 0. The van der Waals surface area contributed by atoms with Gasteiger partial charge in [-0.25, -0.2) is 0 Å². The standard InChI is InChI=1S/C24H34N6O3/c1-3-4-10-33-24-27-22(25)21-23(28-24)30(15-20(32)26-21)14-19-7-5-6-18(11-19)13-29(16(2)31)12-17-8-9-17/h5-6,11,17,19H,3-4,7-10,12-15H2,1-2H3,(H,26,32)(H2,25,27,28). The van der Waals surface area contributed by atoms with E-state index in [1.807, 2.05) is 9.80 Å². The molecule has 1 atom stereocenters. The molecule has 1 aromatic heterocycles. The minimum Gasteiger partial charge on any atom is -0.463 e. The summed E-state index contributed by atoms with van der Waals surface area (Å²) in [5.74, 6) is 1.63. The Bertz CT molecular complexity index is 956. The van der Waals surface area contributed by atoms with Crippen molar-refractivity contribution in [3.63, 3.8) is 0 Å². The van der Waals surface area contributed by atoms with Gasteiger partial charge in [-0.05, 0) is 43.1 Å². The van der Waals surface area contributed by atoms with Crippen molar-refractivity contribution in [3.05, 3.63) is 23.8 Å². The predicted octanol–water partition coefficient (Wildman–Crippen LogP) is 2.76. The zero-order valence-electron chi connectivity index (χ0n) is 19.5. The zero-order chi connectivity index (χ0) is 23.4. The number of hydrogen-bond donors (Lipinski definition) is 2. The van der Waals surface area contributed by atoms with Crippen LogP contribution >= 0.6 is 0 Å². The molecule has 3 N–H and O–H groups in total. The maximum atomic E-state index is 12.4. The summed E-state index contributed by atoms with van der Waals surface area (Å²) in [5.41, 5.74) is 7.70. The van der Waals surface area contributed by atoms with E-state index < -0.39 is 0 Å². The number of nitrogen functional groups attached to an aromatic ring is 1. The Morgan fingerprint density at radius 3 is 2.91 bits per heavy atom. The number of amides is 2. The van der Waals surface area contributed by atoms with Crippen molar-refractivity contribution >= 4 is 29.1 Å². The third kappa shape index (κ3) is 6.03. The quantitative estimate of drug-likeness (QED) is 0.523. The topological polar surface area (TPSA) is 114 Å². The van der Waals surface area contributed by atoms with Gasteiger partial charge in [-0.2, -0.15) is 9.97 Å². The Morgan fingerprint density at radius 2 is 2.18 bits per heavy atom. The van der Waals surface area contributed by atoms with E-state index in [4.69, 9.17) is 10.5 Å². The van der Waals surface area contributed by atoms with Crippen molar-refractivity contribution in [2.45, 2.75) is 46.0 Å². The molecule has 0 bridgehead atoms. The molecule has 1 aliphatic heterocycles. The van der Waals surface area contributed by atoms with Crippen LogP contribution < -0.4 is 20.7 Å². The number of ether oxygens (including phenoxy) is 1. The SMILES string of the molecule is CCCCOc1nc(N)c2c(n1)N(CC1C=C(CN(CC3CC3)C(C)=O)C=CC1)CC(=O)N2. The van der Waals surface area contributed by atoms with Gasteiger partial charge >= 0.3 is 6.01 Å². The largest absolute Gasteiger partial charge is 0.463 e. The van der Waals surface area contributed by atoms with E-state index in [1.165, 1.54) is 12.8 Å². The van der Waals surface area contributed by atoms with Gasteiger partial charge in [-0.1, -0.05) is 31.6 Å². The van der Waals surface area contributed by atoms with E-state index >= 15 is 0 Å². The molecule has 1 aromatic rings. The van der Waals surface area contributed by atoms with Gasteiger partial charge in [0.25, 0.3) is 0 Å². The highest BCUT2D eigenvalue weighted by atomic mass is 16.5. The number of aromatic nitrogens is 2. The first-order valence-electron chi connectivity index (χ1n) is 11.9. The highest BCUT2D eigenvalue weighted by molar-refractivity contribution is 6.03. The lowest BCUT2D eigenvalue weighted by Gasteiger charge is -2.33. The predicted molar refractivity (Wildman–Crippen MR) is 128 cm³/mol. The van der Waals surface area contributed by atoms with Gasteiger partial charge in [0.2, 0.25) is 11.8 Å². The van der Waals surface area contributed by atoms with Crippen LogP contribution in [0.4, 0.5) is 17.3 Å². The first-order chi connectivity index (χ1) is 15.9. The van der Waals surface area contributed by atoms with Crippen LogP contribution in [0.5, 0.6) is 6.01 Å². The van der Waals surface area contributed by atoms with Gasteiger partial charge in [0.1, 0.15) is 5.69 Å². The molecule has 2 amide bonds. The van der Waals surface area contributed by atoms with Gasteiger partial charge in [-0.3, -0.25) is 9.59 Å². The minimum atomic E-state index is -0.139. The van der Waals surface area contributed by atoms with Crippen molar-refractivity contribution in [2.24, 2.45) is 11.8 Å². The molecule has 0 radical (unpaired) electrons. The van der Waals surface area contributed by atoms with E-state index in [0.29, 0.717) is 37.1 Å². The van der Waals surface area contributed by atoms with Gasteiger partial charge in [0, 0.05) is 26.6 Å². The third-order valence-electron chi connectivity index (χ3n) is 6.19. The van der Waals surface area contributed by atoms with Crippen molar-refractivity contribution in [3.8, 4) is 6.01 Å². The zero-order valence-corrected chi connectivity index (χ0v) is 19.5. The molecule has 3 aliphatic rings. The highest BCUT2D eigenvalue weighted by Gasteiger charge is 2.30. The van der Waals surface area contributed by atoms with Gasteiger partial charge in [0.05, 0.1) is 13.2 Å². The first-order valence-corrected chi connectivity index (χ1v) is 11.9. The lowest BCUT2D eigenvalue weighted by molar-refractivity contribution is -0.128. The van der Waals surface area contributed by atoms with Crippen LogP contribution in [0.3, 0.4) is 0 Å². The van der Waals surface area contributed by atoms with Crippen LogP contribution in [0, 0.1) is 11.8 Å². The average molecular weight is 455 g/mol. The second-order valence-corrected chi connectivity index (χ2v) is 9.20. The number of fused-ring (bicyclic) bond motifs is 1. The molecule has 4 rings (SSSR count). The van der Waals surface area contributed by atoms with Crippen LogP contribution in [-0.4, -0.2) is 59.5 Å². The van der Waals surface area contributed by atoms with Crippen molar-refractivity contribution < 1.29 is 14.3 Å². The Morgan fingerprint density at radius 1 is 1.36 bits per heavy atom. The molecule has 0 aromatic carbocycles. The average Bonchev–Trinajstić information content (AvgIpc) is 3.59. The number of allylic oxidation sites excluding steroid dienone is 1. The Kier molecular flexibility index (Phi) is 7.15. The lowest BCUT2D eigenvalue weighted by Crippen LogP contribution is -2.42. The van der Waals surface area contributed by atoms with Crippen molar-refractivity contribution in [1.82, 2.24) is 14.9 Å². The minimum absolute atomic E-state index is 0.114. The fourth-order valence-electron chi connectivity index (χ4n) is 4.22. The summed E-state index contributed by atoms with van der Waals surface area (Å²) < 4.78 is 5.68. The van der Waals surface area contributed by atoms with Gasteiger partial charge in [-0.15, -0.1) is 0 Å². The van der Waals surface area contributed by atoms with Crippen molar-refractivity contribution in [1.29, 1.82) is 0 Å². The number of rotatable bonds is 10. The van der Waals surface area contributed by atoms with Gasteiger partial charge < -0.3 is 25.6 Å². The normalized spacial score (nSPS) is 19.6. The van der Waals surface area contributed by atoms with Crippen LogP contribution in [0.2, 0.25) is 0 Å². The third-order valence-corrected chi connectivity index (χ3v) is 6.19. The van der Waals surface area contributed by atoms with E-state index in [1.54, 1.807) is 6.92 Å². The van der Waals surface area contributed by atoms with E-state index in [0.717, 1.165) is 31.4 Å². The molecule has 33 heavy (non-hydrogen) atoms. The van der Waals surface area contributed by atoms with Crippen LogP contribution in [0.15, 0.2) is 23.8 Å². The molecule has 2 heterocycles. The molecule has 0 spiro atoms. The summed E-state index contributed by atoms with van der Waals surface area (Å²) in [7, 11) is 0. The van der Waals surface area contributed by atoms with E-state index in [-0.39, 0.29) is 36.1 Å².